The van der Waals surface area contributed by atoms with E-state index in [4.69, 9.17) is 5.11 Å². The number of anilines is 1. The predicted octanol–water partition coefficient (Wildman–Crippen LogP) is 4.04. The lowest BCUT2D eigenvalue weighted by atomic mass is 10.0. The van der Waals surface area contributed by atoms with Crippen LogP contribution < -0.4 is 5.32 Å². The third-order valence-electron chi connectivity index (χ3n) is 3.68. The smallest absolute Gasteiger partial charge is 0.335 e. The highest BCUT2D eigenvalue weighted by molar-refractivity contribution is 5.92. The zero-order chi connectivity index (χ0) is 16.1. The first kappa shape index (κ1) is 15.8. The summed E-state index contributed by atoms with van der Waals surface area (Å²) in [6.45, 7) is 3.88. The Morgan fingerprint density at radius 2 is 1.50 bits per heavy atom. The summed E-state index contributed by atoms with van der Waals surface area (Å²) in [7, 11) is 0. The standard InChI is InChI=1S/C18H19NO3/c1-3-12(2)17(20)19-16-10-8-14(9-11-16)13-4-6-15(7-5-13)18(21)22/h4-12H,3H2,1-2H3,(H,19,20)(H,21,22). The number of hydrogen-bond acceptors (Lipinski definition) is 2. The number of carboxylic acid groups (broad SMARTS) is 1. The van der Waals surface area contributed by atoms with Gasteiger partial charge < -0.3 is 10.4 Å². The molecule has 0 radical (unpaired) electrons. The highest BCUT2D eigenvalue weighted by atomic mass is 16.4. The van der Waals surface area contributed by atoms with Gasteiger partial charge in [-0.05, 0) is 41.8 Å². The van der Waals surface area contributed by atoms with Crippen LogP contribution in [-0.2, 0) is 4.79 Å². The summed E-state index contributed by atoms with van der Waals surface area (Å²) in [5.74, 6) is -0.932. The summed E-state index contributed by atoms with van der Waals surface area (Å²) in [5.41, 5.74) is 2.93. The maximum absolute atomic E-state index is 11.8. The Morgan fingerprint density at radius 3 is 1.95 bits per heavy atom. The van der Waals surface area contributed by atoms with E-state index in [1.807, 2.05) is 38.1 Å². The molecule has 1 unspecified atom stereocenters. The maximum Gasteiger partial charge on any atom is 0.335 e. The first-order valence-corrected chi connectivity index (χ1v) is 7.26. The molecule has 4 heteroatoms. The van der Waals surface area contributed by atoms with Crippen LogP contribution in [0, 0.1) is 5.92 Å². The average molecular weight is 297 g/mol. The zero-order valence-corrected chi connectivity index (χ0v) is 12.7. The molecular weight excluding hydrogens is 278 g/mol. The molecule has 0 aliphatic carbocycles. The van der Waals surface area contributed by atoms with Crippen molar-refractivity contribution in [2.24, 2.45) is 5.92 Å². The molecule has 2 N–H and O–H groups in total. The number of aromatic carboxylic acids is 1. The van der Waals surface area contributed by atoms with Crippen molar-refractivity contribution in [1.29, 1.82) is 0 Å². The summed E-state index contributed by atoms with van der Waals surface area (Å²) >= 11 is 0. The molecule has 0 bridgehead atoms. The summed E-state index contributed by atoms with van der Waals surface area (Å²) < 4.78 is 0. The lowest BCUT2D eigenvalue weighted by molar-refractivity contribution is -0.119. The fourth-order valence-corrected chi connectivity index (χ4v) is 2.00. The molecule has 22 heavy (non-hydrogen) atoms. The minimum Gasteiger partial charge on any atom is -0.478 e. The molecule has 0 heterocycles. The monoisotopic (exact) mass is 297 g/mol. The molecule has 0 aliphatic heterocycles. The minimum atomic E-state index is -0.936. The number of carbonyl (C=O) groups is 2. The van der Waals surface area contributed by atoms with Gasteiger partial charge in [0.25, 0.3) is 0 Å². The van der Waals surface area contributed by atoms with Crippen molar-refractivity contribution >= 4 is 17.6 Å². The van der Waals surface area contributed by atoms with Crippen molar-refractivity contribution in [3.05, 3.63) is 54.1 Å². The van der Waals surface area contributed by atoms with Crippen LogP contribution in [0.15, 0.2) is 48.5 Å². The Labute approximate surface area is 129 Å². The third-order valence-corrected chi connectivity index (χ3v) is 3.68. The Kier molecular flexibility index (Phi) is 4.94. The van der Waals surface area contributed by atoms with Crippen LogP contribution in [0.2, 0.25) is 0 Å². The van der Waals surface area contributed by atoms with Crippen LogP contribution in [0.5, 0.6) is 0 Å². The van der Waals surface area contributed by atoms with Crippen LogP contribution in [0.3, 0.4) is 0 Å². The van der Waals surface area contributed by atoms with Crippen LogP contribution in [0.1, 0.15) is 30.6 Å². The normalized spacial score (nSPS) is 11.7. The highest BCUT2D eigenvalue weighted by Gasteiger charge is 2.10. The van der Waals surface area contributed by atoms with Gasteiger partial charge >= 0.3 is 5.97 Å². The second-order valence-electron chi connectivity index (χ2n) is 5.26. The van der Waals surface area contributed by atoms with Crippen molar-refractivity contribution in [2.75, 3.05) is 5.32 Å². The van der Waals surface area contributed by atoms with Gasteiger partial charge in [0.15, 0.2) is 0 Å². The van der Waals surface area contributed by atoms with E-state index >= 15 is 0 Å². The van der Waals surface area contributed by atoms with Gasteiger partial charge in [0.05, 0.1) is 5.56 Å². The molecular formula is C18H19NO3. The summed E-state index contributed by atoms with van der Waals surface area (Å²) in [6, 6.07) is 14.2. The topological polar surface area (TPSA) is 66.4 Å². The summed E-state index contributed by atoms with van der Waals surface area (Å²) in [6.07, 6.45) is 0.805. The van der Waals surface area contributed by atoms with E-state index in [0.29, 0.717) is 0 Å². The second-order valence-corrected chi connectivity index (χ2v) is 5.26. The van der Waals surface area contributed by atoms with E-state index < -0.39 is 5.97 Å². The fraction of sp³-hybridized carbons (Fsp3) is 0.222. The number of carboxylic acids is 1. The van der Waals surface area contributed by atoms with Crippen molar-refractivity contribution in [2.45, 2.75) is 20.3 Å². The first-order chi connectivity index (χ1) is 10.5. The van der Waals surface area contributed by atoms with Gasteiger partial charge in [-0.2, -0.15) is 0 Å². The molecule has 2 aromatic carbocycles. The fourth-order valence-electron chi connectivity index (χ4n) is 2.00. The molecule has 0 aromatic heterocycles. The summed E-state index contributed by atoms with van der Waals surface area (Å²) in [4.78, 5) is 22.7. The quantitative estimate of drug-likeness (QED) is 0.875. The van der Waals surface area contributed by atoms with Crippen LogP contribution in [-0.4, -0.2) is 17.0 Å². The number of carbonyl (C=O) groups excluding carboxylic acids is 1. The third kappa shape index (κ3) is 3.73. The largest absolute Gasteiger partial charge is 0.478 e. The lowest BCUT2D eigenvalue weighted by Gasteiger charge is -2.10. The van der Waals surface area contributed by atoms with E-state index in [2.05, 4.69) is 5.32 Å². The Hall–Kier alpha value is -2.62. The van der Waals surface area contributed by atoms with E-state index in [9.17, 15) is 9.59 Å². The minimum absolute atomic E-state index is 0.0109. The molecule has 0 fully saturated rings. The Bertz CT molecular complexity index is 660. The predicted molar refractivity (Wildman–Crippen MR) is 86.9 cm³/mol. The molecule has 0 aliphatic rings. The zero-order valence-electron chi connectivity index (χ0n) is 12.7. The molecule has 0 saturated carbocycles. The van der Waals surface area contributed by atoms with Gasteiger partial charge in [-0.1, -0.05) is 38.1 Å². The maximum atomic E-state index is 11.8. The Balaban J connectivity index is 2.11. The number of benzene rings is 2. The van der Waals surface area contributed by atoms with Gasteiger partial charge in [-0.3, -0.25) is 4.79 Å². The van der Waals surface area contributed by atoms with Gasteiger partial charge in [0, 0.05) is 11.6 Å². The molecule has 4 nitrogen and oxygen atoms in total. The summed E-state index contributed by atoms with van der Waals surface area (Å²) in [5, 5.41) is 11.8. The lowest BCUT2D eigenvalue weighted by Crippen LogP contribution is -2.19. The van der Waals surface area contributed by atoms with E-state index in [0.717, 1.165) is 23.2 Å². The highest BCUT2D eigenvalue weighted by Crippen LogP contribution is 2.22. The molecule has 114 valence electrons. The van der Waals surface area contributed by atoms with Gasteiger partial charge in [0.2, 0.25) is 5.91 Å². The van der Waals surface area contributed by atoms with Crippen LogP contribution >= 0.6 is 0 Å². The second kappa shape index (κ2) is 6.89. The molecule has 1 atom stereocenters. The number of nitrogens with one attached hydrogen (secondary N) is 1. The van der Waals surface area contributed by atoms with Crippen LogP contribution in [0.4, 0.5) is 5.69 Å². The van der Waals surface area contributed by atoms with Crippen molar-refractivity contribution in [1.82, 2.24) is 0 Å². The number of rotatable bonds is 5. The van der Waals surface area contributed by atoms with E-state index in [-0.39, 0.29) is 17.4 Å². The van der Waals surface area contributed by atoms with Gasteiger partial charge in [-0.25, -0.2) is 4.79 Å². The van der Waals surface area contributed by atoms with Crippen molar-refractivity contribution in [3.63, 3.8) is 0 Å². The molecule has 0 saturated heterocycles. The van der Waals surface area contributed by atoms with Crippen LogP contribution in [0.25, 0.3) is 11.1 Å². The SMILES string of the molecule is CCC(C)C(=O)Nc1ccc(-c2ccc(C(=O)O)cc2)cc1. The first-order valence-electron chi connectivity index (χ1n) is 7.26. The molecule has 2 rings (SSSR count). The Morgan fingerprint density at radius 1 is 1.00 bits per heavy atom. The van der Waals surface area contributed by atoms with Crippen molar-refractivity contribution in [3.8, 4) is 11.1 Å². The van der Waals surface area contributed by atoms with E-state index in [1.54, 1.807) is 24.3 Å². The molecule has 1 amide bonds. The number of amides is 1. The van der Waals surface area contributed by atoms with E-state index in [1.165, 1.54) is 0 Å². The average Bonchev–Trinajstić information content (AvgIpc) is 2.54. The molecule has 2 aromatic rings. The number of hydrogen-bond donors (Lipinski definition) is 2. The molecule has 0 spiro atoms. The van der Waals surface area contributed by atoms with Gasteiger partial charge in [0.1, 0.15) is 0 Å². The van der Waals surface area contributed by atoms with Crippen molar-refractivity contribution < 1.29 is 14.7 Å². The van der Waals surface area contributed by atoms with Gasteiger partial charge in [-0.15, -0.1) is 0 Å².